The van der Waals surface area contributed by atoms with Crippen LogP contribution in [0.3, 0.4) is 0 Å². The molecule has 0 radical (unpaired) electrons. The second kappa shape index (κ2) is 9.57. The lowest BCUT2D eigenvalue weighted by Crippen LogP contribution is -2.26. The number of hydrogen-bond acceptors (Lipinski definition) is 5. The fourth-order valence-electron chi connectivity index (χ4n) is 3.45. The first-order valence-electron chi connectivity index (χ1n) is 9.79. The van der Waals surface area contributed by atoms with Crippen molar-refractivity contribution in [2.45, 2.75) is 20.0 Å². The summed E-state index contributed by atoms with van der Waals surface area (Å²) in [6.07, 6.45) is 0. The number of methoxy groups -OCH3 is 2. The van der Waals surface area contributed by atoms with Gasteiger partial charge in [-0.2, -0.15) is 4.39 Å². The lowest BCUT2D eigenvalue weighted by molar-refractivity contribution is 0.0784. The molecule has 2 N–H and O–H groups in total. The standard InChI is InChI=1S/C24H26FN3O3/c1-15-22(5-6-23(25)27-15)18-7-16(13-26)8-19(11-18)24(29)28(2)14-17-9-20(30-3)12-21(10-17)31-4/h5-12H,13-14,26H2,1-4H3. The molecule has 3 rings (SSSR count). The molecule has 1 amide bonds. The molecule has 0 saturated heterocycles. The summed E-state index contributed by atoms with van der Waals surface area (Å²) in [7, 11) is 4.90. The van der Waals surface area contributed by atoms with Gasteiger partial charge in [0.15, 0.2) is 0 Å². The summed E-state index contributed by atoms with van der Waals surface area (Å²) in [6.45, 7) is 2.38. The Morgan fingerprint density at radius 2 is 1.71 bits per heavy atom. The van der Waals surface area contributed by atoms with Gasteiger partial charge < -0.3 is 20.1 Å². The summed E-state index contributed by atoms with van der Waals surface area (Å²) >= 11 is 0. The van der Waals surface area contributed by atoms with E-state index in [1.165, 1.54) is 6.07 Å². The van der Waals surface area contributed by atoms with Crippen LogP contribution in [0, 0.1) is 12.9 Å². The van der Waals surface area contributed by atoms with Crippen LogP contribution in [-0.4, -0.2) is 37.1 Å². The van der Waals surface area contributed by atoms with Crippen LogP contribution in [0.2, 0.25) is 0 Å². The minimum absolute atomic E-state index is 0.161. The minimum Gasteiger partial charge on any atom is -0.497 e. The topological polar surface area (TPSA) is 77.7 Å². The van der Waals surface area contributed by atoms with Crippen LogP contribution >= 0.6 is 0 Å². The van der Waals surface area contributed by atoms with Crippen molar-refractivity contribution in [3.05, 3.63) is 76.9 Å². The molecular formula is C24H26FN3O3. The first-order chi connectivity index (χ1) is 14.8. The van der Waals surface area contributed by atoms with Crippen LogP contribution in [0.5, 0.6) is 11.5 Å². The van der Waals surface area contributed by atoms with Gasteiger partial charge in [-0.15, -0.1) is 0 Å². The summed E-state index contributed by atoms with van der Waals surface area (Å²) in [5, 5.41) is 0. The fraction of sp³-hybridized carbons (Fsp3) is 0.250. The Bertz CT molecular complexity index is 1080. The van der Waals surface area contributed by atoms with E-state index in [9.17, 15) is 9.18 Å². The second-order valence-electron chi connectivity index (χ2n) is 7.27. The van der Waals surface area contributed by atoms with E-state index in [4.69, 9.17) is 15.2 Å². The van der Waals surface area contributed by atoms with Crippen LogP contribution < -0.4 is 15.2 Å². The molecule has 3 aromatic rings. The minimum atomic E-state index is -0.541. The highest BCUT2D eigenvalue weighted by Crippen LogP contribution is 2.27. The largest absolute Gasteiger partial charge is 0.497 e. The van der Waals surface area contributed by atoms with Crippen molar-refractivity contribution in [2.75, 3.05) is 21.3 Å². The molecule has 0 unspecified atom stereocenters. The van der Waals surface area contributed by atoms with Crippen molar-refractivity contribution >= 4 is 5.91 Å². The second-order valence-corrected chi connectivity index (χ2v) is 7.27. The fourth-order valence-corrected chi connectivity index (χ4v) is 3.45. The lowest BCUT2D eigenvalue weighted by Gasteiger charge is -2.19. The van der Waals surface area contributed by atoms with Gasteiger partial charge in [0.05, 0.1) is 14.2 Å². The molecule has 0 atom stereocenters. The van der Waals surface area contributed by atoms with E-state index < -0.39 is 5.95 Å². The van der Waals surface area contributed by atoms with Gasteiger partial charge in [0, 0.05) is 43.0 Å². The number of halogens is 1. The smallest absolute Gasteiger partial charge is 0.253 e. The first kappa shape index (κ1) is 22.2. The molecule has 0 saturated carbocycles. The molecule has 6 nitrogen and oxygen atoms in total. The van der Waals surface area contributed by atoms with Gasteiger partial charge >= 0.3 is 0 Å². The molecule has 2 aromatic carbocycles. The summed E-state index contributed by atoms with van der Waals surface area (Å²) in [4.78, 5) is 18.7. The van der Waals surface area contributed by atoms with Crippen molar-refractivity contribution in [3.8, 4) is 22.6 Å². The van der Waals surface area contributed by atoms with Gasteiger partial charge in [0.25, 0.3) is 5.91 Å². The number of amides is 1. The van der Waals surface area contributed by atoms with E-state index in [0.29, 0.717) is 29.3 Å². The monoisotopic (exact) mass is 423 g/mol. The number of rotatable bonds is 7. The SMILES string of the molecule is COc1cc(CN(C)C(=O)c2cc(CN)cc(-c3ccc(F)nc3C)c2)cc(OC)c1. The highest BCUT2D eigenvalue weighted by Gasteiger charge is 2.16. The Morgan fingerprint density at radius 1 is 1.03 bits per heavy atom. The van der Waals surface area contributed by atoms with Gasteiger partial charge in [-0.25, -0.2) is 4.98 Å². The van der Waals surface area contributed by atoms with Crippen LogP contribution in [0.15, 0.2) is 48.5 Å². The average molecular weight is 423 g/mol. The molecule has 162 valence electrons. The molecule has 0 fully saturated rings. The van der Waals surface area contributed by atoms with Crippen molar-refractivity contribution in [1.82, 2.24) is 9.88 Å². The van der Waals surface area contributed by atoms with E-state index >= 15 is 0 Å². The van der Waals surface area contributed by atoms with Crippen LogP contribution in [0.4, 0.5) is 4.39 Å². The van der Waals surface area contributed by atoms with Gasteiger partial charge in [-0.3, -0.25) is 4.79 Å². The van der Waals surface area contributed by atoms with Gasteiger partial charge in [-0.05, 0) is 66.1 Å². The summed E-state index contributed by atoms with van der Waals surface area (Å²) in [6, 6.07) is 13.9. The van der Waals surface area contributed by atoms with E-state index in [0.717, 1.165) is 22.3 Å². The molecule has 7 heteroatoms. The van der Waals surface area contributed by atoms with Crippen LogP contribution in [0.1, 0.15) is 27.2 Å². The molecule has 0 aliphatic heterocycles. The van der Waals surface area contributed by atoms with Crippen molar-refractivity contribution in [3.63, 3.8) is 0 Å². The maximum absolute atomic E-state index is 13.4. The van der Waals surface area contributed by atoms with Gasteiger partial charge in [-0.1, -0.05) is 0 Å². The molecule has 0 aliphatic carbocycles. The summed E-state index contributed by atoms with van der Waals surface area (Å²) in [5.74, 6) is 0.607. The maximum atomic E-state index is 13.4. The Labute approximate surface area is 181 Å². The summed E-state index contributed by atoms with van der Waals surface area (Å²) in [5.41, 5.74) is 10.1. The third kappa shape index (κ3) is 5.19. The zero-order chi connectivity index (χ0) is 22.5. The first-order valence-corrected chi connectivity index (χ1v) is 9.79. The Hall–Kier alpha value is -3.45. The highest BCUT2D eigenvalue weighted by molar-refractivity contribution is 5.95. The van der Waals surface area contributed by atoms with Crippen LogP contribution in [-0.2, 0) is 13.1 Å². The lowest BCUT2D eigenvalue weighted by atomic mass is 9.98. The Kier molecular flexibility index (Phi) is 6.87. The number of hydrogen-bond donors (Lipinski definition) is 1. The molecule has 31 heavy (non-hydrogen) atoms. The molecule has 0 spiro atoms. The Morgan fingerprint density at radius 3 is 2.29 bits per heavy atom. The quantitative estimate of drug-likeness (QED) is 0.583. The normalized spacial score (nSPS) is 10.6. The number of nitrogens with two attached hydrogens (primary N) is 1. The molecule has 1 aromatic heterocycles. The van der Waals surface area contributed by atoms with E-state index in [2.05, 4.69) is 4.98 Å². The number of pyridine rings is 1. The van der Waals surface area contributed by atoms with E-state index in [1.54, 1.807) is 57.4 Å². The average Bonchev–Trinajstić information content (AvgIpc) is 2.77. The predicted octanol–water partition coefficient (Wildman–Crippen LogP) is 3.94. The van der Waals surface area contributed by atoms with Crippen LogP contribution in [0.25, 0.3) is 11.1 Å². The summed E-state index contributed by atoms with van der Waals surface area (Å²) < 4.78 is 24.0. The van der Waals surface area contributed by atoms with Gasteiger partial charge in [0.1, 0.15) is 11.5 Å². The number of ether oxygens (including phenoxy) is 2. The number of carbonyl (C=O) groups is 1. The highest BCUT2D eigenvalue weighted by atomic mass is 19.1. The maximum Gasteiger partial charge on any atom is 0.253 e. The Balaban J connectivity index is 1.92. The number of benzene rings is 2. The van der Waals surface area contributed by atoms with Crippen molar-refractivity contribution in [1.29, 1.82) is 0 Å². The number of aryl methyl sites for hydroxylation is 1. The predicted molar refractivity (Wildman–Crippen MR) is 118 cm³/mol. The number of nitrogens with zero attached hydrogens (tertiary/aromatic N) is 2. The van der Waals surface area contributed by atoms with E-state index in [1.807, 2.05) is 18.2 Å². The molecular weight excluding hydrogens is 397 g/mol. The third-order valence-electron chi connectivity index (χ3n) is 5.02. The number of carbonyl (C=O) groups excluding carboxylic acids is 1. The molecule has 0 aliphatic rings. The number of aromatic nitrogens is 1. The van der Waals surface area contributed by atoms with Crippen molar-refractivity contribution < 1.29 is 18.7 Å². The van der Waals surface area contributed by atoms with E-state index in [-0.39, 0.29) is 12.5 Å². The zero-order valence-corrected chi connectivity index (χ0v) is 18.1. The zero-order valence-electron chi connectivity index (χ0n) is 18.1. The van der Waals surface area contributed by atoms with Gasteiger partial charge in [0.2, 0.25) is 5.95 Å². The molecule has 0 bridgehead atoms. The molecule has 1 heterocycles. The third-order valence-corrected chi connectivity index (χ3v) is 5.02. The van der Waals surface area contributed by atoms with Crippen molar-refractivity contribution in [2.24, 2.45) is 5.73 Å².